The second-order valence-electron chi connectivity index (χ2n) is 12.1. The molecular weight excluding hydrogens is 502 g/mol. The van der Waals surface area contributed by atoms with E-state index in [0.29, 0.717) is 30.8 Å². The molecule has 210 valence electrons. The number of fused-ring (bicyclic) bond motifs is 2. The van der Waals surface area contributed by atoms with Crippen LogP contribution in [-0.4, -0.2) is 84.2 Å². The van der Waals surface area contributed by atoms with Gasteiger partial charge in [-0.15, -0.1) is 0 Å². The highest BCUT2D eigenvalue weighted by atomic mass is 16.3. The summed E-state index contributed by atoms with van der Waals surface area (Å²) < 4.78 is 0. The first-order valence-electron chi connectivity index (χ1n) is 14.7. The van der Waals surface area contributed by atoms with E-state index in [2.05, 4.69) is 34.1 Å². The zero-order chi connectivity index (χ0) is 27.9. The predicted octanol–water partition coefficient (Wildman–Crippen LogP) is 3.35. The van der Waals surface area contributed by atoms with Crippen molar-refractivity contribution in [1.29, 1.82) is 0 Å². The van der Waals surface area contributed by atoms with Crippen LogP contribution in [0.2, 0.25) is 0 Å². The summed E-state index contributed by atoms with van der Waals surface area (Å²) in [6, 6.07) is 13.8. The molecule has 2 amide bonds. The second-order valence-corrected chi connectivity index (χ2v) is 12.1. The third kappa shape index (κ3) is 4.97. The predicted molar refractivity (Wildman–Crippen MR) is 154 cm³/mol. The molecule has 40 heavy (non-hydrogen) atoms. The maximum absolute atomic E-state index is 13.7. The quantitative estimate of drug-likeness (QED) is 0.568. The van der Waals surface area contributed by atoms with Crippen LogP contribution >= 0.6 is 0 Å². The normalized spacial score (nSPS) is 23.1. The average Bonchev–Trinajstić information content (AvgIpc) is 3.10. The first-order chi connectivity index (χ1) is 19.4. The molecule has 1 saturated heterocycles. The third-order valence-electron chi connectivity index (χ3n) is 9.74. The first-order valence-corrected chi connectivity index (χ1v) is 14.7. The molecule has 2 aromatic rings. The van der Waals surface area contributed by atoms with Gasteiger partial charge in [0.1, 0.15) is 0 Å². The summed E-state index contributed by atoms with van der Waals surface area (Å²) in [7, 11) is 0. The van der Waals surface area contributed by atoms with E-state index in [9.17, 15) is 14.7 Å². The Morgan fingerprint density at radius 2 is 1.82 bits per heavy atom. The average molecular weight is 542 g/mol. The van der Waals surface area contributed by atoms with Gasteiger partial charge in [0.05, 0.1) is 17.4 Å². The molecule has 0 aromatic heterocycles. The van der Waals surface area contributed by atoms with E-state index in [4.69, 9.17) is 6.57 Å². The molecule has 8 heteroatoms. The van der Waals surface area contributed by atoms with Crippen molar-refractivity contribution < 1.29 is 14.7 Å². The smallest absolute Gasteiger partial charge is 0.256 e. The monoisotopic (exact) mass is 541 g/mol. The summed E-state index contributed by atoms with van der Waals surface area (Å²) in [4.78, 5) is 36.7. The highest BCUT2D eigenvalue weighted by Gasteiger charge is 2.50. The Morgan fingerprint density at radius 3 is 2.55 bits per heavy atom. The fraction of sp³-hybridized carbons (Fsp3) is 0.531. The summed E-state index contributed by atoms with van der Waals surface area (Å²) >= 11 is 0. The number of nitrogens with one attached hydrogen (secondary N) is 1. The molecule has 6 rings (SSSR count). The minimum atomic E-state index is -0.682. The summed E-state index contributed by atoms with van der Waals surface area (Å²) in [5, 5.41) is 14.6. The van der Waals surface area contributed by atoms with Crippen LogP contribution in [0.3, 0.4) is 0 Å². The van der Waals surface area contributed by atoms with Crippen molar-refractivity contribution in [2.45, 2.75) is 63.8 Å². The topological polar surface area (TPSA) is 80.5 Å². The Kier molecular flexibility index (Phi) is 7.28. The number of nitrogens with zero attached hydrogens (tertiary/aromatic N) is 4. The van der Waals surface area contributed by atoms with Crippen molar-refractivity contribution in [2.75, 3.05) is 44.2 Å². The van der Waals surface area contributed by atoms with E-state index in [1.54, 1.807) is 17.0 Å². The van der Waals surface area contributed by atoms with Crippen molar-refractivity contribution in [3.8, 4) is 0 Å². The number of β-amino-alcohol motifs (C(OH)–C–C–N with tert-alkyl or cyclic N) is 1. The lowest BCUT2D eigenvalue weighted by atomic mass is 9.60. The van der Waals surface area contributed by atoms with E-state index < -0.39 is 6.10 Å². The lowest BCUT2D eigenvalue weighted by Gasteiger charge is -2.47. The maximum atomic E-state index is 13.7. The molecule has 3 aliphatic heterocycles. The van der Waals surface area contributed by atoms with Gasteiger partial charge >= 0.3 is 0 Å². The number of carbonyl (C=O) groups excluding carboxylic acids is 2. The van der Waals surface area contributed by atoms with Crippen LogP contribution in [0.5, 0.6) is 0 Å². The number of piperidine rings is 1. The number of hydrogen-bond acceptors (Lipinski definition) is 5. The zero-order valence-corrected chi connectivity index (χ0v) is 23.3. The lowest BCUT2D eigenvalue weighted by Crippen LogP contribution is -2.50. The molecule has 2 atom stereocenters. The number of likely N-dealkylation sites (tertiary alicyclic amines) is 1. The Labute approximate surface area is 236 Å². The Bertz CT molecular complexity index is 1320. The number of benzene rings is 2. The van der Waals surface area contributed by atoms with Crippen LogP contribution in [0.15, 0.2) is 42.5 Å². The van der Waals surface area contributed by atoms with E-state index in [-0.39, 0.29) is 35.9 Å². The van der Waals surface area contributed by atoms with Crippen molar-refractivity contribution in [2.24, 2.45) is 5.41 Å². The molecule has 4 aliphatic rings. The molecule has 2 N–H and O–H groups in total. The molecule has 1 spiro atoms. The second kappa shape index (κ2) is 10.9. The number of likely N-dealkylation sites (N-methyl/N-ethyl adjacent to an activating group) is 1. The van der Waals surface area contributed by atoms with Gasteiger partial charge < -0.3 is 30.0 Å². The summed E-state index contributed by atoms with van der Waals surface area (Å²) in [5.41, 5.74) is 4.77. The molecule has 0 radical (unpaired) electrons. The van der Waals surface area contributed by atoms with E-state index in [1.165, 1.54) is 11.1 Å². The van der Waals surface area contributed by atoms with Crippen LogP contribution in [0.25, 0.3) is 4.85 Å². The minimum Gasteiger partial charge on any atom is -0.390 e. The molecule has 3 heterocycles. The highest BCUT2D eigenvalue weighted by molar-refractivity contribution is 6.03. The van der Waals surface area contributed by atoms with Crippen molar-refractivity contribution in [3.63, 3.8) is 0 Å². The fourth-order valence-corrected chi connectivity index (χ4v) is 7.15. The number of aliphatic hydroxyl groups is 1. The molecule has 0 bridgehead atoms. The van der Waals surface area contributed by atoms with Crippen molar-refractivity contribution in [1.82, 2.24) is 15.1 Å². The number of hydrogen-bond donors (Lipinski definition) is 2. The number of carbonyl (C=O) groups is 2. The third-order valence-corrected chi connectivity index (χ3v) is 9.74. The Hall–Kier alpha value is -3.41. The summed E-state index contributed by atoms with van der Waals surface area (Å²) in [5.74, 6) is -0.0816. The number of amides is 2. The lowest BCUT2D eigenvalue weighted by molar-refractivity contribution is 0.0250. The Morgan fingerprint density at radius 1 is 1.10 bits per heavy atom. The number of aliphatic hydroxyl groups excluding tert-OH is 1. The van der Waals surface area contributed by atoms with Gasteiger partial charge in [0.25, 0.3) is 11.8 Å². The zero-order valence-electron chi connectivity index (χ0n) is 23.3. The van der Waals surface area contributed by atoms with Gasteiger partial charge in [-0.3, -0.25) is 9.59 Å². The molecule has 2 fully saturated rings. The van der Waals surface area contributed by atoms with Gasteiger partial charge in [-0.25, -0.2) is 6.57 Å². The van der Waals surface area contributed by atoms with Crippen LogP contribution in [-0.2, 0) is 13.0 Å². The first kappa shape index (κ1) is 26.8. The van der Waals surface area contributed by atoms with Gasteiger partial charge in [0.15, 0.2) is 0 Å². The molecule has 8 nitrogen and oxygen atoms in total. The maximum Gasteiger partial charge on any atom is 0.256 e. The van der Waals surface area contributed by atoms with Gasteiger partial charge in [-0.1, -0.05) is 24.3 Å². The van der Waals surface area contributed by atoms with Gasteiger partial charge in [-0.2, -0.15) is 0 Å². The Balaban J connectivity index is 1.14. The van der Waals surface area contributed by atoms with Gasteiger partial charge in [0, 0.05) is 70.3 Å². The number of anilines is 1. The van der Waals surface area contributed by atoms with Crippen LogP contribution < -0.4 is 10.2 Å². The van der Waals surface area contributed by atoms with Gasteiger partial charge in [0.2, 0.25) is 6.04 Å². The van der Waals surface area contributed by atoms with Crippen molar-refractivity contribution in [3.05, 3.63) is 76.1 Å². The van der Waals surface area contributed by atoms with Crippen LogP contribution in [0, 0.1) is 12.0 Å². The number of rotatable bonds is 5. The molecule has 2 unspecified atom stereocenters. The van der Waals surface area contributed by atoms with E-state index in [0.717, 1.165) is 57.4 Å². The molecular formula is C32H39N5O3. The summed E-state index contributed by atoms with van der Waals surface area (Å²) in [6.07, 6.45) is 3.93. The molecule has 2 aromatic carbocycles. The molecule has 1 saturated carbocycles. The SMILES string of the molecule is [C-]#[N+]C1CC2(CCN(C(=O)c3ccc4c(c3)N(CC)CCN(CC(O)C3Cc5ccccc5CN3)C4=O)CC2)C1. The van der Waals surface area contributed by atoms with Crippen molar-refractivity contribution >= 4 is 17.5 Å². The van der Waals surface area contributed by atoms with Gasteiger partial charge in [-0.05, 0) is 60.9 Å². The van der Waals surface area contributed by atoms with E-state index in [1.807, 2.05) is 23.1 Å². The standard InChI is InChI=1S/C32H39N5O3/c1-3-35-14-15-37(21-29(38)27-16-22-6-4-5-7-24(22)20-34-27)31(40)26-9-8-23(17-28(26)35)30(39)36-12-10-32(11-13-36)18-25(19-32)33-2/h4-9,17,25,27,29,34,38H,3,10-16,18-21H2,1H3. The van der Waals surface area contributed by atoms with Crippen LogP contribution in [0.1, 0.15) is 64.4 Å². The summed E-state index contributed by atoms with van der Waals surface area (Å²) in [6.45, 7) is 13.6. The highest BCUT2D eigenvalue weighted by Crippen LogP contribution is 2.50. The fourth-order valence-electron chi connectivity index (χ4n) is 7.15. The van der Waals surface area contributed by atoms with E-state index >= 15 is 0 Å². The largest absolute Gasteiger partial charge is 0.390 e. The minimum absolute atomic E-state index is 0.0161. The van der Waals surface area contributed by atoms with Crippen LogP contribution in [0.4, 0.5) is 5.69 Å². The molecule has 1 aliphatic carbocycles.